The van der Waals surface area contributed by atoms with E-state index in [0.29, 0.717) is 23.2 Å². The number of rotatable bonds is 3. The van der Waals surface area contributed by atoms with Crippen LogP contribution in [-0.4, -0.2) is 17.9 Å². The molecule has 1 aromatic carbocycles. The van der Waals surface area contributed by atoms with E-state index in [1.807, 2.05) is 0 Å². The Bertz CT molecular complexity index is 581. The summed E-state index contributed by atoms with van der Waals surface area (Å²) in [5.74, 6) is -0.437. The van der Waals surface area contributed by atoms with Gasteiger partial charge in [-0.2, -0.15) is 5.26 Å². The SMILES string of the molecule is N#CCc1ccc(F)cc1C(=O)C1CC2CCCC(C1)N2. The minimum atomic E-state index is -0.408. The number of fused-ring (bicyclic) bond motifs is 2. The van der Waals surface area contributed by atoms with Crippen molar-refractivity contribution >= 4 is 5.78 Å². The number of piperidine rings is 2. The van der Waals surface area contributed by atoms with E-state index in [1.54, 1.807) is 6.07 Å². The molecule has 2 saturated heterocycles. The van der Waals surface area contributed by atoms with E-state index in [-0.39, 0.29) is 18.1 Å². The summed E-state index contributed by atoms with van der Waals surface area (Å²) in [6.07, 6.45) is 5.28. The van der Waals surface area contributed by atoms with Crippen molar-refractivity contribution < 1.29 is 9.18 Å². The van der Waals surface area contributed by atoms with Gasteiger partial charge in [-0.1, -0.05) is 12.5 Å². The minimum Gasteiger partial charge on any atom is -0.311 e. The van der Waals surface area contributed by atoms with Crippen molar-refractivity contribution in [3.05, 3.63) is 35.1 Å². The Morgan fingerprint density at radius 3 is 2.71 bits per heavy atom. The van der Waals surface area contributed by atoms with Gasteiger partial charge in [-0.25, -0.2) is 4.39 Å². The zero-order valence-corrected chi connectivity index (χ0v) is 11.9. The van der Waals surface area contributed by atoms with E-state index in [0.717, 1.165) is 25.7 Å². The van der Waals surface area contributed by atoms with Gasteiger partial charge in [0, 0.05) is 23.6 Å². The lowest BCUT2D eigenvalue weighted by molar-refractivity contribution is 0.0824. The van der Waals surface area contributed by atoms with Gasteiger partial charge in [0.25, 0.3) is 0 Å². The number of nitrogens with zero attached hydrogens (tertiary/aromatic N) is 1. The van der Waals surface area contributed by atoms with E-state index in [4.69, 9.17) is 5.26 Å². The first-order chi connectivity index (χ1) is 10.2. The molecule has 4 heteroatoms. The van der Waals surface area contributed by atoms with Crippen molar-refractivity contribution in [3.63, 3.8) is 0 Å². The molecule has 0 radical (unpaired) electrons. The molecule has 0 spiro atoms. The summed E-state index contributed by atoms with van der Waals surface area (Å²) in [7, 11) is 0. The predicted molar refractivity (Wildman–Crippen MR) is 77.3 cm³/mol. The highest BCUT2D eigenvalue weighted by Gasteiger charge is 2.35. The molecule has 2 fully saturated rings. The number of hydrogen-bond acceptors (Lipinski definition) is 3. The van der Waals surface area contributed by atoms with Crippen molar-refractivity contribution in [2.45, 2.75) is 50.6 Å². The molecule has 0 aromatic heterocycles. The number of hydrogen-bond donors (Lipinski definition) is 1. The van der Waals surface area contributed by atoms with Crippen LogP contribution in [0.3, 0.4) is 0 Å². The molecule has 1 N–H and O–H groups in total. The van der Waals surface area contributed by atoms with Gasteiger partial charge in [0.15, 0.2) is 5.78 Å². The molecular weight excluding hydrogens is 267 g/mol. The Balaban J connectivity index is 1.85. The van der Waals surface area contributed by atoms with Crippen LogP contribution in [-0.2, 0) is 6.42 Å². The molecule has 0 saturated carbocycles. The second-order valence-electron chi connectivity index (χ2n) is 6.16. The Hall–Kier alpha value is -1.73. The van der Waals surface area contributed by atoms with Gasteiger partial charge in [-0.15, -0.1) is 0 Å². The molecule has 110 valence electrons. The average molecular weight is 286 g/mol. The van der Waals surface area contributed by atoms with Gasteiger partial charge in [-0.3, -0.25) is 4.79 Å². The summed E-state index contributed by atoms with van der Waals surface area (Å²) in [6, 6.07) is 7.07. The second kappa shape index (κ2) is 5.95. The number of carbonyl (C=O) groups is 1. The summed E-state index contributed by atoms with van der Waals surface area (Å²) >= 11 is 0. The fourth-order valence-electron chi connectivity index (χ4n) is 3.72. The molecule has 3 rings (SSSR count). The minimum absolute atomic E-state index is 0.0122. The Kier molecular flexibility index (Phi) is 4.03. The van der Waals surface area contributed by atoms with Crippen LogP contribution in [0.4, 0.5) is 4.39 Å². The number of halogens is 1. The van der Waals surface area contributed by atoms with Crippen LogP contribution in [0.2, 0.25) is 0 Å². The lowest BCUT2D eigenvalue weighted by atomic mass is 9.76. The first-order valence-corrected chi connectivity index (χ1v) is 7.63. The molecule has 2 unspecified atom stereocenters. The van der Waals surface area contributed by atoms with Crippen LogP contribution < -0.4 is 5.32 Å². The van der Waals surface area contributed by atoms with Crippen LogP contribution in [0.5, 0.6) is 0 Å². The summed E-state index contributed by atoms with van der Waals surface area (Å²) in [4.78, 5) is 12.8. The molecule has 2 bridgehead atoms. The zero-order valence-electron chi connectivity index (χ0n) is 11.9. The fraction of sp³-hybridized carbons (Fsp3) is 0.529. The van der Waals surface area contributed by atoms with Gasteiger partial charge in [0.1, 0.15) is 5.82 Å². The maximum atomic E-state index is 13.5. The van der Waals surface area contributed by atoms with E-state index >= 15 is 0 Å². The lowest BCUT2D eigenvalue weighted by Crippen LogP contribution is -2.50. The largest absolute Gasteiger partial charge is 0.311 e. The van der Waals surface area contributed by atoms with E-state index in [2.05, 4.69) is 11.4 Å². The number of nitriles is 1. The molecule has 2 aliphatic rings. The smallest absolute Gasteiger partial charge is 0.166 e. The third-order valence-corrected chi connectivity index (χ3v) is 4.69. The van der Waals surface area contributed by atoms with E-state index in [9.17, 15) is 9.18 Å². The predicted octanol–water partition coefficient (Wildman–Crippen LogP) is 3.00. The van der Waals surface area contributed by atoms with Crippen LogP contribution in [0.1, 0.15) is 48.0 Å². The molecule has 3 nitrogen and oxygen atoms in total. The maximum Gasteiger partial charge on any atom is 0.166 e. The molecule has 0 aliphatic carbocycles. The standard InChI is InChI=1S/C17H19FN2O/c18-13-5-4-11(6-7-19)16(10-13)17(21)12-8-14-2-1-3-15(9-12)20-14/h4-5,10,12,14-15,20H,1-3,6,8-9H2. The first-order valence-electron chi connectivity index (χ1n) is 7.63. The number of Topliss-reactive ketones (excluding diaryl/α,β-unsaturated/α-hetero) is 1. The monoisotopic (exact) mass is 286 g/mol. The van der Waals surface area contributed by atoms with Crippen molar-refractivity contribution in [1.82, 2.24) is 5.32 Å². The highest BCUT2D eigenvalue weighted by atomic mass is 19.1. The van der Waals surface area contributed by atoms with Crippen LogP contribution in [0.15, 0.2) is 18.2 Å². The van der Waals surface area contributed by atoms with Crippen LogP contribution >= 0.6 is 0 Å². The second-order valence-corrected chi connectivity index (χ2v) is 6.16. The Labute approximate surface area is 124 Å². The van der Waals surface area contributed by atoms with E-state index < -0.39 is 5.82 Å². The van der Waals surface area contributed by atoms with Crippen molar-refractivity contribution in [1.29, 1.82) is 5.26 Å². The first kappa shape index (κ1) is 14.2. The number of carbonyl (C=O) groups excluding carboxylic acids is 1. The average Bonchev–Trinajstić information content (AvgIpc) is 2.48. The number of nitrogens with one attached hydrogen (secondary N) is 1. The molecule has 0 amide bonds. The lowest BCUT2D eigenvalue weighted by Gasteiger charge is -2.39. The maximum absolute atomic E-state index is 13.5. The van der Waals surface area contributed by atoms with Crippen molar-refractivity contribution in [2.75, 3.05) is 0 Å². The van der Waals surface area contributed by atoms with E-state index in [1.165, 1.54) is 18.6 Å². The van der Waals surface area contributed by atoms with Crippen LogP contribution in [0, 0.1) is 23.1 Å². The van der Waals surface area contributed by atoms with Gasteiger partial charge in [0.05, 0.1) is 12.5 Å². The zero-order chi connectivity index (χ0) is 14.8. The van der Waals surface area contributed by atoms with Crippen molar-refractivity contribution in [2.24, 2.45) is 5.92 Å². The number of ketones is 1. The molecular formula is C17H19FN2O. The summed E-state index contributed by atoms with van der Waals surface area (Å²) in [6.45, 7) is 0. The van der Waals surface area contributed by atoms with Gasteiger partial charge >= 0.3 is 0 Å². The number of benzene rings is 1. The molecule has 1 aromatic rings. The third kappa shape index (κ3) is 2.98. The third-order valence-electron chi connectivity index (χ3n) is 4.69. The fourth-order valence-corrected chi connectivity index (χ4v) is 3.72. The van der Waals surface area contributed by atoms with Gasteiger partial charge in [-0.05, 0) is 43.4 Å². The molecule has 2 atom stereocenters. The summed E-state index contributed by atoms with van der Waals surface area (Å²) < 4.78 is 13.5. The summed E-state index contributed by atoms with van der Waals surface area (Å²) in [5.41, 5.74) is 1.05. The highest BCUT2D eigenvalue weighted by Crippen LogP contribution is 2.32. The molecule has 2 aliphatic heterocycles. The Morgan fingerprint density at radius 2 is 2.05 bits per heavy atom. The highest BCUT2D eigenvalue weighted by molar-refractivity contribution is 5.99. The molecule has 21 heavy (non-hydrogen) atoms. The Morgan fingerprint density at radius 1 is 1.33 bits per heavy atom. The molecule has 2 heterocycles. The quantitative estimate of drug-likeness (QED) is 0.869. The summed E-state index contributed by atoms with van der Waals surface area (Å²) in [5, 5.41) is 12.4. The topological polar surface area (TPSA) is 52.9 Å². The van der Waals surface area contributed by atoms with Gasteiger partial charge in [0.2, 0.25) is 0 Å². The van der Waals surface area contributed by atoms with Crippen LogP contribution in [0.25, 0.3) is 0 Å². The van der Waals surface area contributed by atoms with Gasteiger partial charge < -0.3 is 5.32 Å². The van der Waals surface area contributed by atoms with Crippen molar-refractivity contribution in [3.8, 4) is 6.07 Å². The normalized spacial score (nSPS) is 27.9.